The van der Waals surface area contributed by atoms with Gasteiger partial charge in [0.25, 0.3) is 5.91 Å². The van der Waals surface area contributed by atoms with Gasteiger partial charge in [-0.3, -0.25) is 4.79 Å². The number of carbonyl (C=O) groups is 1. The van der Waals surface area contributed by atoms with Crippen molar-refractivity contribution in [2.45, 2.75) is 13.0 Å². The van der Waals surface area contributed by atoms with E-state index in [9.17, 15) is 4.79 Å². The van der Waals surface area contributed by atoms with Crippen molar-refractivity contribution in [3.8, 4) is 17.2 Å². The van der Waals surface area contributed by atoms with E-state index >= 15 is 0 Å². The molecule has 0 N–H and O–H groups in total. The molecule has 2 aromatic rings. The van der Waals surface area contributed by atoms with Crippen LogP contribution in [0.15, 0.2) is 42.5 Å². The average Bonchev–Trinajstić information content (AvgIpc) is 3.07. The first-order valence-electron chi connectivity index (χ1n) is 7.66. The van der Waals surface area contributed by atoms with Crippen LogP contribution in [0.4, 0.5) is 0 Å². The highest BCUT2D eigenvalue weighted by Gasteiger charge is 2.21. The fourth-order valence-corrected chi connectivity index (χ4v) is 2.91. The molecule has 0 bridgehead atoms. The van der Waals surface area contributed by atoms with E-state index in [1.165, 1.54) is 11.1 Å². The van der Waals surface area contributed by atoms with Crippen molar-refractivity contribution >= 4 is 5.91 Å². The number of rotatable bonds is 3. The summed E-state index contributed by atoms with van der Waals surface area (Å²) in [6, 6.07) is 13.6. The third kappa shape index (κ3) is 2.82. The zero-order valence-corrected chi connectivity index (χ0v) is 12.7. The topological polar surface area (TPSA) is 48.0 Å². The second kappa shape index (κ2) is 5.83. The van der Waals surface area contributed by atoms with Crippen molar-refractivity contribution in [2.75, 3.05) is 19.9 Å². The van der Waals surface area contributed by atoms with Gasteiger partial charge in [-0.1, -0.05) is 24.3 Å². The number of fused-ring (bicyclic) bond motifs is 2. The van der Waals surface area contributed by atoms with E-state index in [0.717, 1.165) is 13.0 Å². The molecule has 4 rings (SSSR count). The number of ether oxygens (including phenoxy) is 3. The molecule has 23 heavy (non-hydrogen) atoms. The van der Waals surface area contributed by atoms with Crippen LogP contribution in [0, 0.1) is 0 Å². The maximum atomic E-state index is 12.4. The molecule has 0 saturated heterocycles. The fourth-order valence-electron chi connectivity index (χ4n) is 2.91. The van der Waals surface area contributed by atoms with Crippen LogP contribution in [-0.4, -0.2) is 30.8 Å². The van der Waals surface area contributed by atoms with E-state index in [1.54, 1.807) is 18.2 Å². The van der Waals surface area contributed by atoms with Crippen molar-refractivity contribution in [1.82, 2.24) is 4.90 Å². The molecule has 5 nitrogen and oxygen atoms in total. The molecule has 2 heterocycles. The first-order chi connectivity index (χ1) is 11.3. The van der Waals surface area contributed by atoms with Gasteiger partial charge in [0.2, 0.25) is 6.79 Å². The first-order valence-corrected chi connectivity index (χ1v) is 7.66. The molecule has 0 spiro atoms. The fraction of sp³-hybridized carbons (Fsp3) is 0.278. The van der Waals surface area contributed by atoms with E-state index in [1.807, 2.05) is 17.0 Å². The van der Waals surface area contributed by atoms with E-state index in [0.29, 0.717) is 23.8 Å². The van der Waals surface area contributed by atoms with E-state index in [4.69, 9.17) is 14.2 Å². The van der Waals surface area contributed by atoms with Crippen molar-refractivity contribution in [1.29, 1.82) is 0 Å². The number of hydrogen-bond acceptors (Lipinski definition) is 4. The Labute approximate surface area is 134 Å². The highest BCUT2D eigenvalue weighted by molar-refractivity contribution is 5.78. The highest BCUT2D eigenvalue weighted by atomic mass is 16.7. The van der Waals surface area contributed by atoms with E-state index in [2.05, 4.69) is 12.1 Å². The maximum absolute atomic E-state index is 12.4. The molecule has 118 valence electrons. The van der Waals surface area contributed by atoms with Crippen molar-refractivity contribution < 1.29 is 19.0 Å². The molecule has 5 heteroatoms. The third-order valence-electron chi connectivity index (χ3n) is 4.19. The number of hydrogen-bond donors (Lipinski definition) is 0. The van der Waals surface area contributed by atoms with Gasteiger partial charge < -0.3 is 19.1 Å². The SMILES string of the molecule is O=C(COc1ccc2c(c1)OCO2)N1CCc2ccccc2C1. The van der Waals surface area contributed by atoms with Crippen molar-refractivity contribution in [2.24, 2.45) is 0 Å². The number of benzene rings is 2. The quantitative estimate of drug-likeness (QED) is 0.873. The summed E-state index contributed by atoms with van der Waals surface area (Å²) >= 11 is 0. The molecule has 0 fully saturated rings. The molecule has 0 saturated carbocycles. The van der Waals surface area contributed by atoms with E-state index < -0.39 is 0 Å². The third-order valence-corrected chi connectivity index (χ3v) is 4.19. The average molecular weight is 311 g/mol. The van der Waals surface area contributed by atoms with Gasteiger partial charge in [-0.05, 0) is 29.7 Å². The minimum atomic E-state index is -0.00262. The van der Waals surface area contributed by atoms with Gasteiger partial charge in [0.15, 0.2) is 18.1 Å². The predicted molar refractivity (Wildman–Crippen MR) is 83.6 cm³/mol. The lowest BCUT2D eigenvalue weighted by Crippen LogP contribution is -2.38. The highest BCUT2D eigenvalue weighted by Crippen LogP contribution is 2.35. The minimum Gasteiger partial charge on any atom is -0.484 e. The summed E-state index contributed by atoms with van der Waals surface area (Å²) in [6.07, 6.45) is 0.895. The lowest BCUT2D eigenvalue weighted by molar-refractivity contribution is -0.134. The molecule has 2 aliphatic rings. The van der Waals surface area contributed by atoms with Crippen LogP contribution >= 0.6 is 0 Å². The Morgan fingerprint density at radius 1 is 1.09 bits per heavy atom. The Hall–Kier alpha value is -2.69. The monoisotopic (exact) mass is 311 g/mol. The van der Waals surface area contributed by atoms with Gasteiger partial charge in [-0.15, -0.1) is 0 Å². The Kier molecular flexibility index (Phi) is 3.54. The summed E-state index contributed by atoms with van der Waals surface area (Å²) < 4.78 is 16.2. The van der Waals surface area contributed by atoms with Crippen LogP contribution < -0.4 is 14.2 Å². The molecule has 0 radical (unpaired) electrons. The molecule has 0 unspecified atom stereocenters. The van der Waals surface area contributed by atoms with Gasteiger partial charge in [-0.25, -0.2) is 0 Å². The Bertz CT molecular complexity index is 744. The normalized spacial score (nSPS) is 15.2. The molecule has 2 aliphatic heterocycles. The molecule has 2 aromatic carbocycles. The number of amides is 1. The van der Waals surface area contributed by atoms with Gasteiger partial charge in [0.1, 0.15) is 5.75 Å². The largest absolute Gasteiger partial charge is 0.484 e. The summed E-state index contributed by atoms with van der Waals surface area (Å²) in [5, 5.41) is 0. The summed E-state index contributed by atoms with van der Waals surface area (Å²) in [4.78, 5) is 14.2. The maximum Gasteiger partial charge on any atom is 0.260 e. The van der Waals surface area contributed by atoms with Crippen molar-refractivity contribution in [3.63, 3.8) is 0 Å². The molecule has 0 aromatic heterocycles. The molecule has 0 aliphatic carbocycles. The summed E-state index contributed by atoms with van der Waals surface area (Å²) in [5.41, 5.74) is 2.54. The Morgan fingerprint density at radius 2 is 1.91 bits per heavy atom. The summed E-state index contributed by atoms with van der Waals surface area (Å²) in [6.45, 7) is 1.65. The lowest BCUT2D eigenvalue weighted by atomic mass is 10.00. The van der Waals surface area contributed by atoms with Gasteiger partial charge in [0.05, 0.1) is 0 Å². The number of nitrogens with zero attached hydrogens (tertiary/aromatic N) is 1. The van der Waals surface area contributed by atoms with E-state index in [-0.39, 0.29) is 19.3 Å². The molecule has 0 atom stereocenters. The number of carbonyl (C=O) groups excluding carboxylic acids is 1. The summed E-state index contributed by atoms with van der Waals surface area (Å²) in [7, 11) is 0. The predicted octanol–water partition coefficient (Wildman–Crippen LogP) is 2.38. The van der Waals surface area contributed by atoms with Crippen LogP contribution in [0.3, 0.4) is 0 Å². The van der Waals surface area contributed by atoms with Gasteiger partial charge >= 0.3 is 0 Å². The molecule has 1 amide bonds. The zero-order chi connectivity index (χ0) is 15.6. The Balaban J connectivity index is 1.37. The van der Waals surface area contributed by atoms with Crippen LogP contribution in [0.25, 0.3) is 0 Å². The molecular weight excluding hydrogens is 294 g/mol. The van der Waals surface area contributed by atoms with Crippen LogP contribution in [-0.2, 0) is 17.8 Å². The molecular formula is C18H17NO4. The summed E-state index contributed by atoms with van der Waals surface area (Å²) in [5.74, 6) is 1.97. The second-order valence-electron chi connectivity index (χ2n) is 5.64. The standard InChI is InChI=1S/C18H17NO4/c20-18(19-8-7-13-3-1-2-4-14(13)10-19)11-21-15-5-6-16-17(9-15)23-12-22-16/h1-6,9H,7-8,10-12H2. The minimum absolute atomic E-state index is 0.00262. The lowest BCUT2D eigenvalue weighted by Gasteiger charge is -2.28. The Morgan fingerprint density at radius 3 is 2.83 bits per heavy atom. The van der Waals surface area contributed by atoms with Crippen LogP contribution in [0.5, 0.6) is 17.2 Å². The van der Waals surface area contributed by atoms with Crippen LogP contribution in [0.1, 0.15) is 11.1 Å². The van der Waals surface area contributed by atoms with Gasteiger partial charge in [-0.2, -0.15) is 0 Å². The van der Waals surface area contributed by atoms with Crippen LogP contribution in [0.2, 0.25) is 0 Å². The first kappa shape index (κ1) is 13.9. The van der Waals surface area contributed by atoms with Crippen molar-refractivity contribution in [3.05, 3.63) is 53.6 Å². The second-order valence-corrected chi connectivity index (χ2v) is 5.64. The zero-order valence-electron chi connectivity index (χ0n) is 12.7. The smallest absolute Gasteiger partial charge is 0.260 e. The van der Waals surface area contributed by atoms with Gasteiger partial charge in [0, 0.05) is 19.2 Å².